The number of rotatable bonds is 8. The average molecular weight is 335 g/mol. The number of carbonyl (C=O) groups is 1. The van der Waals surface area contributed by atoms with Gasteiger partial charge in [-0.1, -0.05) is 0 Å². The number of nitrogens with zero attached hydrogens (tertiary/aromatic N) is 4. The van der Waals surface area contributed by atoms with Gasteiger partial charge in [-0.2, -0.15) is 0 Å². The third kappa shape index (κ3) is 5.42. The third-order valence-electron chi connectivity index (χ3n) is 4.16. The molecule has 0 unspecified atom stereocenters. The molecule has 0 bridgehead atoms. The summed E-state index contributed by atoms with van der Waals surface area (Å²) >= 11 is 0. The number of nitrogens with one attached hydrogen (secondary N) is 1. The van der Waals surface area contributed by atoms with E-state index < -0.39 is 0 Å². The van der Waals surface area contributed by atoms with Crippen molar-refractivity contribution in [3.63, 3.8) is 0 Å². The quantitative estimate of drug-likeness (QED) is 0.717. The zero-order valence-corrected chi connectivity index (χ0v) is 15.0. The van der Waals surface area contributed by atoms with E-state index >= 15 is 0 Å². The van der Waals surface area contributed by atoms with Gasteiger partial charge in [-0.15, -0.1) is 0 Å². The molecule has 0 aliphatic carbocycles. The maximum absolute atomic E-state index is 12.3. The van der Waals surface area contributed by atoms with Crippen LogP contribution in [0.5, 0.6) is 0 Å². The van der Waals surface area contributed by atoms with Gasteiger partial charge in [-0.05, 0) is 39.8 Å². The summed E-state index contributed by atoms with van der Waals surface area (Å²) in [5, 5.41) is 2.96. The molecular weight excluding hydrogens is 306 g/mol. The van der Waals surface area contributed by atoms with Gasteiger partial charge < -0.3 is 15.0 Å². The van der Waals surface area contributed by atoms with Gasteiger partial charge in [-0.25, -0.2) is 9.97 Å². The first-order valence-electron chi connectivity index (χ1n) is 8.83. The normalized spacial score (nSPS) is 15.3. The molecule has 0 spiro atoms. The summed E-state index contributed by atoms with van der Waals surface area (Å²) in [6.45, 7) is 12.9. The van der Waals surface area contributed by atoms with Crippen LogP contribution in [0, 0.1) is 6.92 Å². The molecule has 1 aliphatic heterocycles. The molecule has 7 nitrogen and oxygen atoms in total. The van der Waals surface area contributed by atoms with Crippen LogP contribution in [0.4, 0.5) is 5.95 Å². The van der Waals surface area contributed by atoms with Gasteiger partial charge in [-0.3, -0.25) is 9.69 Å². The van der Waals surface area contributed by atoms with Crippen molar-refractivity contribution in [3.8, 4) is 0 Å². The summed E-state index contributed by atoms with van der Waals surface area (Å²) in [5.41, 5.74) is 1.25. The van der Waals surface area contributed by atoms with Crippen LogP contribution in [-0.4, -0.2) is 73.3 Å². The number of hydrogen-bond acceptors (Lipinski definition) is 6. The number of carbonyl (C=O) groups excluding carboxylic acids is 1. The molecular formula is C17H29N5O2. The lowest BCUT2D eigenvalue weighted by molar-refractivity contribution is 0.0374. The van der Waals surface area contributed by atoms with Crippen LogP contribution < -0.4 is 10.2 Å². The smallest absolute Gasteiger partial charge is 0.270 e. The predicted molar refractivity (Wildman–Crippen MR) is 94.5 cm³/mol. The zero-order chi connectivity index (χ0) is 17.4. The highest BCUT2D eigenvalue weighted by molar-refractivity contribution is 5.92. The van der Waals surface area contributed by atoms with Gasteiger partial charge in [0, 0.05) is 38.4 Å². The highest BCUT2D eigenvalue weighted by Crippen LogP contribution is 2.10. The number of ether oxygens (including phenoxy) is 1. The second-order valence-corrected chi connectivity index (χ2v) is 5.93. The minimum atomic E-state index is -0.129. The third-order valence-corrected chi connectivity index (χ3v) is 4.16. The minimum Gasteiger partial charge on any atom is -0.379 e. The number of morpholine rings is 1. The Hall–Kier alpha value is -1.73. The highest BCUT2D eigenvalue weighted by Gasteiger charge is 2.14. The van der Waals surface area contributed by atoms with Crippen molar-refractivity contribution >= 4 is 11.9 Å². The molecule has 2 rings (SSSR count). The van der Waals surface area contributed by atoms with E-state index in [9.17, 15) is 4.79 Å². The molecule has 1 N–H and O–H groups in total. The number of amides is 1. The van der Waals surface area contributed by atoms with Gasteiger partial charge in [0.15, 0.2) is 0 Å². The Morgan fingerprint density at radius 2 is 2.00 bits per heavy atom. The lowest BCUT2D eigenvalue weighted by Crippen LogP contribution is -2.38. The maximum Gasteiger partial charge on any atom is 0.270 e. The maximum atomic E-state index is 12.3. The summed E-state index contributed by atoms with van der Waals surface area (Å²) in [6, 6.07) is 1.74. The second-order valence-electron chi connectivity index (χ2n) is 5.93. The SMILES string of the molecule is CCN(CC)c1nc(C)cc(C(=O)NCCCN2CCOCC2)n1. The van der Waals surface area contributed by atoms with Crippen LogP contribution in [0.3, 0.4) is 0 Å². The molecule has 24 heavy (non-hydrogen) atoms. The molecule has 0 aromatic carbocycles. The summed E-state index contributed by atoms with van der Waals surface area (Å²) in [6.07, 6.45) is 0.929. The van der Waals surface area contributed by atoms with Crippen molar-refractivity contribution in [2.75, 3.05) is 57.4 Å². The molecule has 1 aliphatic rings. The van der Waals surface area contributed by atoms with Crippen LogP contribution in [0.25, 0.3) is 0 Å². The van der Waals surface area contributed by atoms with Crippen LogP contribution in [0.1, 0.15) is 36.5 Å². The van der Waals surface area contributed by atoms with Gasteiger partial charge in [0.2, 0.25) is 5.95 Å². The molecule has 134 valence electrons. The van der Waals surface area contributed by atoms with E-state index in [1.165, 1.54) is 0 Å². The van der Waals surface area contributed by atoms with Crippen molar-refractivity contribution in [1.29, 1.82) is 0 Å². The first-order chi connectivity index (χ1) is 11.6. The fourth-order valence-electron chi connectivity index (χ4n) is 2.74. The number of anilines is 1. The molecule has 1 fully saturated rings. The van der Waals surface area contributed by atoms with Crippen molar-refractivity contribution in [3.05, 3.63) is 17.5 Å². The molecule has 0 saturated carbocycles. The van der Waals surface area contributed by atoms with Crippen LogP contribution >= 0.6 is 0 Å². The fourth-order valence-corrected chi connectivity index (χ4v) is 2.74. The van der Waals surface area contributed by atoms with E-state index in [1.54, 1.807) is 6.07 Å². The van der Waals surface area contributed by atoms with Crippen molar-refractivity contribution < 1.29 is 9.53 Å². The Bertz CT molecular complexity index is 528. The topological polar surface area (TPSA) is 70.6 Å². The monoisotopic (exact) mass is 335 g/mol. The summed E-state index contributed by atoms with van der Waals surface area (Å²) in [5.74, 6) is 0.495. The molecule has 1 amide bonds. The Morgan fingerprint density at radius 1 is 1.29 bits per heavy atom. The Kier molecular flexibility index (Phi) is 7.39. The number of aromatic nitrogens is 2. The molecule has 1 aromatic rings. The lowest BCUT2D eigenvalue weighted by atomic mass is 10.3. The van der Waals surface area contributed by atoms with E-state index in [-0.39, 0.29) is 5.91 Å². The van der Waals surface area contributed by atoms with Gasteiger partial charge in [0.25, 0.3) is 5.91 Å². The standard InChI is InChI=1S/C17H29N5O2/c1-4-22(5-2)17-19-14(3)13-15(20-17)16(23)18-7-6-8-21-9-11-24-12-10-21/h13H,4-12H2,1-3H3,(H,18,23). The molecule has 0 atom stereocenters. The lowest BCUT2D eigenvalue weighted by Gasteiger charge is -2.26. The van der Waals surface area contributed by atoms with E-state index in [1.807, 2.05) is 11.8 Å². The summed E-state index contributed by atoms with van der Waals surface area (Å²) in [7, 11) is 0. The van der Waals surface area contributed by atoms with Crippen LogP contribution in [0.2, 0.25) is 0 Å². The Balaban J connectivity index is 1.85. The van der Waals surface area contributed by atoms with E-state index in [0.29, 0.717) is 18.2 Å². The first kappa shape index (κ1) is 18.6. The molecule has 1 aromatic heterocycles. The highest BCUT2D eigenvalue weighted by atomic mass is 16.5. The Labute approximate surface area is 144 Å². The first-order valence-corrected chi connectivity index (χ1v) is 8.83. The summed E-state index contributed by atoms with van der Waals surface area (Å²) < 4.78 is 5.33. The number of aryl methyl sites for hydroxylation is 1. The van der Waals surface area contributed by atoms with Gasteiger partial charge in [0.05, 0.1) is 13.2 Å². The van der Waals surface area contributed by atoms with Crippen molar-refractivity contribution in [2.24, 2.45) is 0 Å². The predicted octanol–water partition coefficient (Wildman–Crippen LogP) is 1.08. The zero-order valence-electron chi connectivity index (χ0n) is 15.0. The molecule has 2 heterocycles. The van der Waals surface area contributed by atoms with Gasteiger partial charge >= 0.3 is 0 Å². The summed E-state index contributed by atoms with van der Waals surface area (Å²) in [4.78, 5) is 25.6. The van der Waals surface area contributed by atoms with Crippen molar-refractivity contribution in [2.45, 2.75) is 27.2 Å². The van der Waals surface area contributed by atoms with Gasteiger partial charge in [0.1, 0.15) is 5.69 Å². The largest absolute Gasteiger partial charge is 0.379 e. The van der Waals surface area contributed by atoms with Crippen molar-refractivity contribution in [1.82, 2.24) is 20.2 Å². The van der Waals surface area contributed by atoms with Crippen LogP contribution in [0.15, 0.2) is 6.07 Å². The van der Waals surface area contributed by atoms with E-state index in [0.717, 1.165) is 58.1 Å². The molecule has 0 radical (unpaired) electrons. The fraction of sp³-hybridized carbons (Fsp3) is 0.706. The molecule has 1 saturated heterocycles. The second kappa shape index (κ2) is 9.54. The minimum absolute atomic E-state index is 0.129. The molecule has 7 heteroatoms. The van der Waals surface area contributed by atoms with Crippen LogP contribution in [-0.2, 0) is 4.74 Å². The average Bonchev–Trinajstić information content (AvgIpc) is 2.60. The Morgan fingerprint density at radius 3 is 2.67 bits per heavy atom. The van der Waals surface area contributed by atoms with E-state index in [2.05, 4.69) is 34.0 Å². The van der Waals surface area contributed by atoms with E-state index in [4.69, 9.17) is 4.74 Å². The number of hydrogen-bond donors (Lipinski definition) is 1.